The largest absolute Gasteiger partial charge is 0.299 e. The van der Waals surface area contributed by atoms with Crippen LogP contribution in [0.25, 0.3) is 0 Å². The minimum Gasteiger partial charge on any atom is -0.299 e. The molecular weight excluding hydrogens is 120 g/mol. The normalized spacial score (nSPS) is 9.44. The molecule has 0 fully saturated rings. The minimum absolute atomic E-state index is 0.445. The van der Waals surface area contributed by atoms with Crippen molar-refractivity contribution in [3.05, 3.63) is 12.2 Å². The van der Waals surface area contributed by atoms with Gasteiger partial charge in [-0.3, -0.25) is 14.4 Å². The zero-order chi connectivity index (χ0) is 7.28. The summed E-state index contributed by atoms with van der Waals surface area (Å²) in [5.74, 6) is -1.21. The Balaban J connectivity index is 3.92. The highest BCUT2D eigenvalue weighted by Gasteiger charge is 1.99. The summed E-state index contributed by atoms with van der Waals surface area (Å²) in [6.45, 7) is 1.15. The highest BCUT2D eigenvalue weighted by molar-refractivity contribution is 6.40. The highest BCUT2D eigenvalue weighted by atomic mass is 16.2. The van der Waals surface area contributed by atoms with Crippen LogP contribution in [0.2, 0.25) is 0 Å². The smallest absolute Gasteiger partial charge is 0.221 e. The first-order valence-corrected chi connectivity index (χ1v) is 2.35. The Bertz CT molecular complexity index is 167. The molecule has 0 N–H and O–H groups in total. The van der Waals surface area contributed by atoms with Gasteiger partial charge in [0.2, 0.25) is 5.78 Å². The van der Waals surface area contributed by atoms with E-state index in [2.05, 4.69) is 0 Å². The van der Waals surface area contributed by atoms with E-state index < -0.39 is 11.6 Å². The molecule has 3 nitrogen and oxygen atoms in total. The Labute approximate surface area is 52.4 Å². The van der Waals surface area contributed by atoms with Gasteiger partial charge >= 0.3 is 0 Å². The maximum Gasteiger partial charge on any atom is 0.221 e. The summed E-state index contributed by atoms with van der Waals surface area (Å²) in [6.07, 6.45) is 2.37. The van der Waals surface area contributed by atoms with Crippen molar-refractivity contribution in [3.63, 3.8) is 0 Å². The number of hydrogen-bond acceptors (Lipinski definition) is 3. The fourth-order valence-electron chi connectivity index (χ4n) is 0.244. The lowest BCUT2D eigenvalue weighted by Crippen LogP contribution is -2.04. The van der Waals surface area contributed by atoms with Gasteiger partial charge in [-0.15, -0.1) is 0 Å². The number of carbonyl (C=O) groups is 3. The molecule has 0 aromatic carbocycles. The summed E-state index contributed by atoms with van der Waals surface area (Å²) in [7, 11) is 0. The van der Waals surface area contributed by atoms with Crippen LogP contribution < -0.4 is 0 Å². The molecule has 48 valence electrons. The van der Waals surface area contributed by atoms with Gasteiger partial charge in [0.15, 0.2) is 5.78 Å². The molecule has 0 unspecified atom stereocenters. The maximum atomic E-state index is 10.3. The van der Waals surface area contributed by atoms with Crippen LogP contribution in [0.4, 0.5) is 0 Å². The molecule has 0 bridgehead atoms. The number of Topliss-reactive ketones (excluding diaryl/α,β-unsaturated/α-hetero) is 1. The second kappa shape index (κ2) is 3.72. The van der Waals surface area contributed by atoms with Crippen LogP contribution >= 0.6 is 0 Å². The minimum atomic E-state index is -0.651. The van der Waals surface area contributed by atoms with E-state index in [9.17, 15) is 14.4 Å². The Hall–Kier alpha value is -1.25. The summed E-state index contributed by atoms with van der Waals surface area (Å²) in [5, 5.41) is 0. The maximum absolute atomic E-state index is 10.3. The van der Waals surface area contributed by atoms with Crippen molar-refractivity contribution in [2.75, 3.05) is 0 Å². The van der Waals surface area contributed by atoms with Crippen molar-refractivity contribution >= 4 is 17.9 Å². The third-order valence-corrected chi connectivity index (χ3v) is 0.673. The lowest BCUT2D eigenvalue weighted by Gasteiger charge is -1.78. The van der Waals surface area contributed by atoms with Crippen LogP contribution in [0.5, 0.6) is 0 Å². The molecular formula is C6H6O3. The summed E-state index contributed by atoms with van der Waals surface area (Å²) in [5.41, 5.74) is 0. The Morgan fingerprint density at radius 2 is 1.89 bits per heavy atom. The molecule has 0 aliphatic heterocycles. The van der Waals surface area contributed by atoms with Crippen molar-refractivity contribution in [1.82, 2.24) is 0 Å². The van der Waals surface area contributed by atoms with Gasteiger partial charge in [-0.2, -0.15) is 0 Å². The predicted octanol–water partition coefficient (Wildman–Crippen LogP) is -0.100. The van der Waals surface area contributed by atoms with E-state index in [-0.39, 0.29) is 0 Å². The van der Waals surface area contributed by atoms with Crippen LogP contribution in [0, 0.1) is 0 Å². The number of carbonyl (C=O) groups excluding carboxylic acids is 3. The monoisotopic (exact) mass is 126 g/mol. The van der Waals surface area contributed by atoms with Gasteiger partial charge in [0, 0.05) is 6.92 Å². The van der Waals surface area contributed by atoms with Crippen LogP contribution in [-0.2, 0) is 14.4 Å². The Kier molecular flexibility index (Phi) is 3.20. The number of aldehydes is 1. The van der Waals surface area contributed by atoms with Gasteiger partial charge in [-0.1, -0.05) is 0 Å². The third-order valence-electron chi connectivity index (χ3n) is 0.673. The lowest BCUT2D eigenvalue weighted by atomic mass is 10.3. The van der Waals surface area contributed by atoms with Crippen molar-refractivity contribution in [2.24, 2.45) is 0 Å². The standard InChI is InChI=1S/C6H6O3/c1-5(8)6(9)3-2-4-7/h2-4H,1H3. The van der Waals surface area contributed by atoms with E-state index in [1.165, 1.54) is 0 Å². The number of ketones is 2. The van der Waals surface area contributed by atoms with Crippen LogP contribution in [0.1, 0.15) is 6.92 Å². The van der Waals surface area contributed by atoms with Gasteiger partial charge in [0.25, 0.3) is 0 Å². The van der Waals surface area contributed by atoms with E-state index in [1.54, 1.807) is 0 Å². The highest BCUT2D eigenvalue weighted by Crippen LogP contribution is 1.76. The Morgan fingerprint density at radius 1 is 1.33 bits per heavy atom. The second-order valence-electron chi connectivity index (χ2n) is 1.42. The molecule has 3 heteroatoms. The van der Waals surface area contributed by atoms with E-state index in [0.29, 0.717) is 6.29 Å². The molecule has 0 aromatic rings. The summed E-state index contributed by atoms with van der Waals surface area (Å²) >= 11 is 0. The van der Waals surface area contributed by atoms with E-state index >= 15 is 0 Å². The molecule has 0 spiro atoms. The fourth-order valence-corrected chi connectivity index (χ4v) is 0.244. The topological polar surface area (TPSA) is 51.2 Å². The first kappa shape index (κ1) is 7.75. The molecule has 0 aromatic heterocycles. The molecule has 0 amide bonds. The van der Waals surface area contributed by atoms with Gasteiger partial charge in [-0.05, 0) is 12.2 Å². The van der Waals surface area contributed by atoms with Crippen LogP contribution in [0.15, 0.2) is 12.2 Å². The Morgan fingerprint density at radius 3 is 2.22 bits per heavy atom. The summed E-state index contributed by atoms with van der Waals surface area (Å²) < 4.78 is 0. The van der Waals surface area contributed by atoms with Crippen molar-refractivity contribution in [2.45, 2.75) is 6.92 Å². The number of rotatable bonds is 3. The number of allylic oxidation sites excluding steroid dienone is 2. The average Bonchev–Trinajstić information content (AvgIpc) is 1.82. The van der Waals surface area contributed by atoms with E-state index in [0.717, 1.165) is 19.1 Å². The quantitative estimate of drug-likeness (QED) is 0.301. The van der Waals surface area contributed by atoms with Crippen molar-refractivity contribution in [3.8, 4) is 0 Å². The van der Waals surface area contributed by atoms with Crippen molar-refractivity contribution in [1.29, 1.82) is 0 Å². The van der Waals surface area contributed by atoms with Gasteiger partial charge in [0.1, 0.15) is 6.29 Å². The molecule has 0 aliphatic rings. The van der Waals surface area contributed by atoms with Crippen LogP contribution in [-0.4, -0.2) is 17.9 Å². The third kappa shape index (κ3) is 3.34. The molecule has 0 atom stereocenters. The molecule has 0 radical (unpaired) electrons. The summed E-state index contributed by atoms with van der Waals surface area (Å²) in [6, 6.07) is 0. The first-order valence-electron chi connectivity index (χ1n) is 2.35. The molecule has 9 heavy (non-hydrogen) atoms. The first-order chi connectivity index (χ1) is 4.18. The number of hydrogen-bond donors (Lipinski definition) is 0. The van der Waals surface area contributed by atoms with Gasteiger partial charge in [0.05, 0.1) is 0 Å². The van der Waals surface area contributed by atoms with E-state index in [1.807, 2.05) is 0 Å². The molecule has 0 rings (SSSR count). The summed E-state index contributed by atoms with van der Waals surface area (Å²) in [4.78, 5) is 30.0. The van der Waals surface area contributed by atoms with Crippen molar-refractivity contribution < 1.29 is 14.4 Å². The molecule has 0 heterocycles. The van der Waals surface area contributed by atoms with Crippen LogP contribution in [0.3, 0.4) is 0 Å². The van der Waals surface area contributed by atoms with Gasteiger partial charge < -0.3 is 0 Å². The fraction of sp³-hybridized carbons (Fsp3) is 0.167. The average molecular weight is 126 g/mol. The zero-order valence-corrected chi connectivity index (χ0v) is 4.96. The van der Waals surface area contributed by atoms with E-state index in [4.69, 9.17) is 0 Å². The molecule has 0 saturated heterocycles. The SMILES string of the molecule is CC(=O)C(=O)C=CC=O. The zero-order valence-electron chi connectivity index (χ0n) is 4.96. The predicted molar refractivity (Wildman–Crippen MR) is 30.9 cm³/mol. The second-order valence-corrected chi connectivity index (χ2v) is 1.42. The molecule has 0 aliphatic carbocycles. The lowest BCUT2D eigenvalue weighted by molar-refractivity contribution is -0.132. The molecule has 0 saturated carbocycles. The van der Waals surface area contributed by atoms with Gasteiger partial charge in [-0.25, -0.2) is 0 Å².